The Balaban J connectivity index is 2.71. The molecule has 0 fully saturated rings. The number of anilines is 1. The maximum atomic E-state index is 12.9. The predicted octanol–water partition coefficient (Wildman–Crippen LogP) is 3.40. The fourth-order valence-electron chi connectivity index (χ4n) is 2.38. The topological polar surface area (TPSA) is 99.0 Å². The molecule has 0 bridgehead atoms. The standard InChI is InChI=1S/C16H17ClN2O6S/c1-10-5-7-11(8-6-10)26(22,23)18(2)13-9-12(17)15(24-3)14(19(20)21)16(13)25-4/h5-9H,1-4H3. The fraction of sp³-hybridized carbons (Fsp3) is 0.250. The number of methoxy groups -OCH3 is 2. The van der Waals surface area contributed by atoms with Crippen molar-refractivity contribution in [3.8, 4) is 11.5 Å². The van der Waals surface area contributed by atoms with Gasteiger partial charge in [0.25, 0.3) is 10.0 Å². The molecule has 0 aliphatic carbocycles. The summed E-state index contributed by atoms with van der Waals surface area (Å²) < 4.78 is 36.8. The molecule has 0 aromatic heterocycles. The molecule has 0 saturated carbocycles. The summed E-state index contributed by atoms with van der Waals surface area (Å²) in [6.45, 7) is 1.83. The van der Waals surface area contributed by atoms with Crippen molar-refractivity contribution in [1.29, 1.82) is 0 Å². The van der Waals surface area contributed by atoms with Gasteiger partial charge in [-0.2, -0.15) is 0 Å². The minimum absolute atomic E-state index is 0.0299. The lowest BCUT2D eigenvalue weighted by Crippen LogP contribution is -2.27. The van der Waals surface area contributed by atoms with E-state index >= 15 is 0 Å². The molecule has 0 radical (unpaired) electrons. The van der Waals surface area contributed by atoms with E-state index in [1.54, 1.807) is 12.1 Å². The van der Waals surface area contributed by atoms with Crippen LogP contribution in [0.2, 0.25) is 5.02 Å². The maximum Gasteiger partial charge on any atom is 0.356 e. The van der Waals surface area contributed by atoms with Crippen molar-refractivity contribution in [2.24, 2.45) is 0 Å². The van der Waals surface area contributed by atoms with Crippen molar-refractivity contribution in [3.63, 3.8) is 0 Å². The van der Waals surface area contributed by atoms with Gasteiger partial charge in [0.1, 0.15) is 5.69 Å². The Morgan fingerprint density at radius 1 is 1.12 bits per heavy atom. The summed E-state index contributed by atoms with van der Waals surface area (Å²) in [5.74, 6) is -0.479. The van der Waals surface area contributed by atoms with Gasteiger partial charge in [0.15, 0.2) is 0 Å². The van der Waals surface area contributed by atoms with Crippen LogP contribution in [0.3, 0.4) is 0 Å². The minimum Gasteiger partial charge on any atom is -0.489 e. The van der Waals surface area contributed by atoms with Gasteiger partial charge in [0.05, 0.1) is 29.1 Å². The number of sulfonamides is 1. The first kappa shape index (κ1) is 19.8. The number of hydrogen-bond donors (Lipinski definition) is 0. The summed E-state index contributed by atoms with van der Waals surface area (Å²) in [5, 5.41) is 11.4. The number of nitrogens with zero attached hydrogens (tertiary/aromatic N) is 2. The predicted molar refractivity (Wildman–Crippen MR) is 98.0 cm³/mol. The summed E-state index contributed by atoms with van der Waals surface area (Å²) in [6, 6.07) is 7.46. The first-order valence-corrected chi connectivity index (χ1v) is 9.11. The summed E-state index contributed by atoms with van der Waals surface area (Å²) in [4.78, 5) is 10.8. The second kappa shape index (κ2) is 7.38. The summed E-state index contributed by atoms with van der Waals surface area (Å²) in [6.07, 6.45) is 0. The molecule has 0 saturated heterocycles. The average Bonchev–Trinajstić information content (AvgIpc) is 2.60. The number of nitro groups is 1. The molecule has 0 aliphatic heterocycles. The van der Waals surface area contributed by atoms with Gasteiger partial charge in [-0.15, -0.1) is 0 Å². The SMILES string of the molecule is COc1c(Cl)cc(N(C)S(=O)(=O)c2ccc(C)cc2)c(OC)c1[N+](=O)[O-]. The molecule has 8 nitrogen and oxygen atoms in total. The third kappa shape index (κ3) is 3.40. The molecule has 0 atom stereocenters. The summed E-state index contributed by atoms with van der Waals surface area (Å²) in [5.41, 5.74) is 0.265. The molecule has 0 amide bonds. The van der Waals surface area contributed by atoms with E-state index in [2.05, 4.69) is 0 Å². The molecule has 26 heavy (non-hydrogen) atoms. The smallest absolute Gasteiger partial charge is 0.356 e. The Morgan fingerprint density at radius 3 is 2.12 bits per heavy atom. The zero-order chi connectivity index (χ0) is 19.6. The average molecular weight is 401 g/mol. The van der Waals surface area contributed by atoms with E-state index in [1.807, 2.05) is 6.92 Å². The van der Waals surface area contributed by atoms with Crippen LogP contribution in [0, 0.1) is 17.0 Å². The van der Waals surface area contributed by atoms with Crippen LogP contribution in [0.1, 0.15) is 5.56 Å². The molecule has 0 N–H and O–H groups in total. The van der Waals surface area contributed by atoms with E-state index < -0.39 is 20.6 Å². The zero-order valence-corrected chi connectivity index (χ0v) is 16.1. The Hall–Kier alpha value is -2.52. The van der Waals surface area contributed by atoms with Crippen molar-refractivity contribution in [2.75, 3.05) is 25.6 Å². The summed E-state index contributed by atoms with van der Waals surface area (Å²) in [7, 11) is -0.303. The zero-order valence-electron chi connectivity index (χ0n) is 14.5. The summed E-state index contributed by atoms with van der Waals surface area (Å²) >= 11 is 6.06. The number of rotatable bonds is 6. The van der Waals surface area contributed by atoms with Crippen molar-refractivity contribution in [3.05, 3.63) is 51.0 Å². The molecule has 0 spiro atoms. The van der Waals surface area contributed by atoms with Crippen molar-refractivity contribution in [1.82, 2.24) is 0 Å². The first-order valence-electron chi connectivity index (χ1n) is 7.29. The molecule has 10 heteroatoms. The highest BCUT2D eigenvalue weighted by Crippen LogP contribution is 2.48. The highest BCUT2D eigenvalue weighted by atomic mass is 35.5. The van der Waals surface area contributed by atoms with Crippen molar-refractivity contribution >= 4 is 33.0 Å². The highest BCUT2D eigenvalue weighted by molar-refractivity contribution is 7.92. The van der Waals surface area contributed by atoms with E-state index in [-0.39, 0.29) is 27.1 Å². The fourth-order valence-corrected chi connectivity index (χ4v) is 3.84. The van der Waals surface area contributed by atoms with Crippen LogP contribution in [-0.4, -0.2) is 34.6 Å². The van der Waals surface area contributed by atoms with Gasteiger partial charge in [-0.1, -0.05) is 29.3 Å². The molecule has 0 unspecified atom stereocenters. The van der Waals surface area contributed by atoms with Crippen LogP contribution in [-0.2, 0) is 10.0 Å². The van der Waals surface area contributed by atoms with E-state index in [0.29, 0.717) is 0 Å². The lowest BCUT2D eigenvalue weighted by molar-refractivity contribution is -0.386. The Morgan fingerprint density at radius 2 is 1.65 bits per heavy atom. The Kier molecular flexibility index (Phi) is 5.62. The van der Waals surface area contributed by atoms with Crippen LogP contribution < -0.4 is 13.8 Å². The Bertz CT molecular complexity index is 944. The molecule has 140 valence electrons. The van der Waals surface area contributed by atoms with Crippen LogP contribution in [0.4, 0.5) is 11.4 Å². The largest absolute Gasteiger partial charge is 0.489 e. The minimum atomic E-state index is -3.99. The number of nitro benzene ring substituents is 1. The molecular formula is C16H17ClN2O6S. The van der Waals surface area contributed by atoms with Gasteiger partial charge in [-0.3, -0.25) is 14.4 Å². The lowest BCUT2D eigenvalue weighted by Gasteiger charge is -2.22. The molecule has 2 aromatic carbocycles. The van der Waals surface area contributed by atoms with Crippen LogP contribution in [0.25, 0.3) is 0 Å². The molecule has 0 heterocycles. The molecular weight excluding hydrogens is 384 g/mol. The first-order chi connectivity index (χ1) is 12.1. The third-order valence-corrected chi connectivity index (χ3v) is 5.82. The molecule has 2 aromatic rings. The quantitative estimate of drug-likeness (QED) is 0.544. The monoisotopic (exact) mass is 400 g/mol. The molecule has 2 rings (SSSR count). The second-order valence-corrected chi connectivity index (χ2v) is 7.71. The highest BCUT2D eigenvalue weighted by Gasteiger charge is 2.33. The Labute approximate surface area is 156 Å². The van der Waals surface area contributed by atoms with Gasteiger partial charge in [0.2, 0.25) is 11.5 Å². The van der Waals surface area contributed by atoms with E-state index in [9.17, 15) is 18.5 Å². The number of ether oxygens (including phenoxy) is 2. The van der Waals surface area contributed by atoms with Gasteiger partial charge in [-0.25, -0.2) is 8.42 Å². The number of hydrogen-bond acceptors (Lipinski definition) is 6. The number of aryl methyl sites for hydroxylation is 1. The third-order valence-electron chi connectivity index (χ3n) is 3.75. The van der Waals surface area contributed by atoms with E-state index in [4.69, 9.17) is 21.1 Å². The second-order valence-electron chi connectivity index (χ2n) is 5.34. The van der Waals surface area contributed by atoms with Gasteiger partial charge >= 0.3 is 5.69 Å². The number of benzene rings is 2. The van der Waals surface area contributed by atoms with Crippen molar-refractivity contribution < 1.29 is 22.8 Å². The van der Waals surface area contributed by atoms with Gasteiger partial charge in [0, 0.05) is 7.05 Å². The van der Waals surface area contributed by atoms with Crippen LogP contribution in [0.5, 0.6) is 11.5 Å². The van der Waals surface area contributed by atoms with Crippen LogP contribution >= 0.6 is 11.6 Å². The van der Waals surface area contributed by atoms with Crippen LogP contribution in [0.15, 0.2) is 35.2 Å². The lowest BCUT2D eigenvalue weighted by atomic mass is 10.2. The molecule has 0 aliphatic rings. The van der Waals surface area contributed by atoms with Gasteiger partial charge < -0.3 is 9.47 Å². The number of halogens is 1. The van der Waals surface area contributed by atoms with Crippen molar-refractivity contribution in [2.45, 2.75) is 11.8 Å². The van der Waals surface area contributed by atoms with E-state index in [0.717, 1.165) is 9.87 Å². The van der Waals surface area contributed by atoms with E-state index in [1.165, 1.54) is 39.5 Å². The normalized spacial score (nSPS) is 11.1. The maximum absolute atomic E-state index is 12.9. The van der Waals surface area contributed by atoms with Gasteiger partial charge in [-0.05, 0) is 25.1 Å².